The van der Waals surface area contributed by atoms with Gasteiger partial charge in [0, 0.05) is 12.7 Å². The highest BCUT2D eigenvalue weighted by Crippen LogP contribution is 2.14. The monoisotopic (exact) mass is 177 g/mol. The van der Waals surface area contributed by atoms with Gasteiger partial charge in [0.2, 0.25) is 0 Å². The van der Waals surface area contributed by atoms with Crippen molar-refractivity contribution < 1.29 is 4.79 Å². The van der Waals surface area contributed by atoms with Crippen LogP contribution in [0.2, 0.25) is 0 Å². The molecule has 0 aliphatic heterocycles. The maximum Gasteiger partial charge on any atom is 0.262 e. The molecule has 13 heavy (non-hydrogen) atoms. The zero-order valence-electron chi connectivity index (χ0n) is 7.32. The van der Waals surface area contributed by atoms with Crippen LogP contribution in [0, 0.1) is 0 Å². The number of hydrogen-bond donors (Lipinski definition) is 2. The Kier molecular flexibility index (Phi) is 3.03. The molecule has 0 atom stereocenters. The van der Waals surface area contributed by atoms with E-state index in [4.69, 9.17) is 5.73 Å². The summed E-state index contributed by atoms with van der Waals surface area (Å²) >= 11 is 0. The summed E-state index contributed by atoms with van der Waals surface area (Å²) in [7, 11) is 1.55. The number of nitrogens with two attached hydrogens (primary N) is 1. The van der Waals surface area contributed by atoms with Gasteiger partial charge < -0.3 is 11.1 Å². The van der Waals surface area contributed by atoms with E-state index in [9.17, 15) is 4.79 Å². The highest BCUT2D eigenvalue weighted by atomic mass is 16.1. The fourth-order valence-electron chi connectivity index (χ4n) is 0.803. The third-order valence-electron chi connectivity index (χ3n) is 1.45. The fraction of sp³-hybridized carbons (Fsp3) is 0.111. The second kappa shape index (κ2) is 4.25. The standard InChI is InChI=1S/C9H11N3O/c1-11-9(13)6-12-8-4-2-3-7(10)5-8/h2-6H,10H2,1H3,(H,11,13). The number of nitrogen functional groups attached to an aromatic ring is 1. The minimum atomic E-state index is -0.234. The molecule has 68 valence electrons. The van der Waals surface area contributed by atoms with Crippen molar-refractivity contribution in [3.63, 3.8) is 0 Å². The van der Waals surface area contributed by atoms with E-state index in [0.717, 1.165) is 0 Å². The zero-order valence-corrected chi connectivity index (χ0v) is 7.32. The SMILES string of the molecule is CNC(=O)C=Nc1cccc(N)c1. The molecule has 4 heteroatoms. The van der Waals surface area contributed by atoms with E-state index in [1.54, 1.807) is 31.3 Å². The quantitative estimate of drug-likeness (QED) is 0.516. The smallest absolute Gasteiger partial charge is 0.262 e. The molecule has 0 fully saturated rings. The van der Waals surface area contributed by atoms with Crippen molar-refractivity contribution in [2.24, 2.45) is 4.99 Å². The highest BCUT2D eigenvalue weighted by molar-refractivity contribution is 6.26. The molecule has 0 unspecified atom stereocenters. The first-order chi connectivity index (χ1) is 6.22. The van der Waals surface area contributed by atoms with Gasteiger partial charge in [0.25, 0.3) is 5.91 Å². The van der Waals surface area contributed by atoms with E-state index in [-0.39, 0.29) is 5.91 Å². The summed E-state index contributed by atoms with van der Waals surface area (Å²) in [5.41, 5.74) is 6.82. The predicted octanol–water partition coefficient (Wildman–Crippen LogP) is 0.717. The number of anilines is 1. The Bertz CT molecular complexity index is 333. The van der Waals surface area contributed by atoms with E-state index in [0.29, 0.717) is 11.4 Å². The highest BCUT2D eigenvalue weighted by Gasteiger charge is 1.91. The average Bonchev–Trinajstić information content (AvgIpc) is 2.14. The predicted molar refractivity (Wildman–Crippen MR) is 53.1 cm³/mol. The second-order valence-corrected chi connectivity index (χ2v) is 2.47. The first-order valence-electron chi connectivity index (χ1n) is 3.83. The molecule has 0 saturated carbocycles. The van der Waals surface area contributed by atoms with Crippen LogP contribution < -0.4 is 11.1 Å². The summed E-state index contributed by atoms with van der Waals surface area (Å²) in [6.45, 7) is 0. The molecule has 3 N–H and O–H groups in total. The first kappa shape index (κ1) is 9.25. The van der Waals surface area contributed by atoms with E-state index in [1.165, 1.54) is 6.21 Å². The normalized spacial score (nSPS) is 10.2. The van der Waals surface area contributed by atoms with Gasteiger partial charge in [-0.05, 0) is 18.2 Å². The Morgan fingerprint density at radius 2 is 2.38 bits per heavy atom. The van der Waals surface area contributed by atoms with Crippen LogP contribution in [0.4, 0.5) is 11.4 Å². The summed E-state index contributed by atoms with van der Waals surface area (Å²) in [6.07, 6.45) is 1.22. The molecule has 0 aliphatic carbocycles. The molecule has 1 aromatic rings. The molecule has 0 aromatic heterocycles. The molecule has 0 saturated heterocycles. The molecule has 4 nitrogen and oxygen atoms in total. The molecule has 0 radical (unpaired) electrons. The van der Waals surface area contributed by atoms with E-state index in [1.807, 2.05) is 0 Å². The Hall–Kier alpha value is -1.84. The molecule has 0 spiro atoms. The Balaban J connectivity index is 2.74. The van der Waals surface area contributed by atoms with Crippen molar-refractivity contribution in [3.05, 3.63) is 24.3 Å². The van der Waals surface area contributed by atoms with Crippen LogP contribution in [-0.4, -0.2) is 19.2 Å². The first-order valence-corrected chi connectivity index (χ1v) is 3.83. The van der Waals surface area contributed by atoms with Crippen LogP contribution in [-0.2, 0) is 4.79 Å². The van der Waals surface area contributed by atoms with Crippen molar-refractivity contribution in [2.75, 3.05) is 12.8 Å². The van der Waals surface area contributed by atoms with E-state index in [2.05, 4.69) is 10.3 Å². The Labute approximate surface area is 76.5 Å². The van der Waals surface area contributed by atoms with Gasteiger partial charge in [-0.25, -0.2) is 0 Å². The maximum absolute atomic E-state index is 10.8. The number of hydrogen-bond acceptors (Lipinski definition) is 3. The van der Waals surface area contributed by atoms with Gasteiger partial charge in [-0.1, -0.05) is 6.07 Å². The van der Waals surface area contributed by atoms with Crippen molar-refractivity contribution in [1.82, 2.24) is 5.32 Å². The number of amides is 1. The van der Waals surface area contributed by atoms with Crippen LogP contribution in [0.25, 0.3) is 0 Å². The van der Waals surface area contributed by atoms with Gasteiger partial charge in [-0.15, -0.1) is 0 Å². The summed E-state index contributed by atoms with van der Waals surface area (Å²) < 4.78 is 0. The lowest BCUT2D eigenvalue weighted by molar-refractivity contribution is -0.113. The van der Waals surface area contributed by atoms with Crippen molar-refractivity contribution >= 4 is 23.5 Å². The van der Waals surface area contributed by atoms with Gasteiger partial charge in [-0.2, -0.15) is 0 Å². The lowest BCUT2D eigenvalue weighted by Crippen LogP contribution is -2.18. The second-order valence-electron chi connectivity index (χ2n) is 2.47. The molecule has 0 heterocycles. The van der Waals surface area contributed by atoms with Crippen LogP contribution >= 0.6 is 0 Å². The fourth-order valence-corrected chi connectivity index (χ4v) is 0.803. The zero-order chi connectivity index (χ0) is 9.68. The van der Waals surface area contributed by atoms with Gasteiger partial charge >= 0.3 is 0 Å². The largest absolute Gasteiger partial charge is 0.399 e. The lowest BCUT2D eigenvalue weighted by atomic mass is 10.3. The number of nitrogens with one attached hydrogen (secondary N) is 1. The molecule has 1 amide bonds. The maximum atomic E-state index is 10.8. The molecule has 0 aliphatic rings. The van der Waals surface area contributed by atoms with Gasteiger partial charge in [0.15, 0.2) is 0 Å². The number of benzene rings is 1. The van der Waals surface area contributed by atoms with Gasteiger partial charge in [-0.3, -0.25) is 9.79 Å². The number of aliphatic imine (C=N–C) groups is 1. The topological polar surface area (TPSA) is 67.5 Å². The molecular formula is C9H11N3O. The Morgan fingerprint density at radius 3 is 3.00 bits per heavy atom. The summed E-state index contributed by atoms with van der Waals surface area (Å²) in [5.74, 6) is -0.234. The van der Waals surface area contributed by atoms with Crippen molar-refractivity contribution in [1.29, 1.82) is 0 Å². The summed E-state index contributed by atoms with van der Waals surface area (Å²) in [4.78, 5) is 14.7. The van der Waals surface area contributed by atoms with E-state index >= 15 is 0 Å². The summed E-state index contributed by atoms with van der Waals surface area (Å²) in [6, 6.07) is 7.01. The number of nitrogens with zero attached hydrogens (tertiary/aromatic N) is 1. The van der Waals surface area contributed by atoms with Crippen LogP contribution in [0.3, 0.4) is 0 Å². The minimum absolute atomic E-state index is 0.234. The molecular weight excluding hydrogens is 166 g/mol. The number of carbonyl (C=O) groups is 1. The Morgan fingerprint density at radius 1 is 1.62 bits per heavy atom. The van der Waals surface area contributed by atoms with Crippen molar-refractivity contribution in [2.45, 2.75) is 0 Å². The number of carbonyl (C=O) groups excluding carboxylic acids is 1. The number of rotatable bonds is 2. The van der Waals surface area contributed by atoms with E-state index < -0.39 is 0 Å². The minimum Gasteiger partial charge on any atom is -0.399 e. The van der Waals surface area contributed by atoms with Gasteiger partial charge in [0.1, 0.15) is 0 Å². The van der Waals surface area contributed by atoms with Crippen LogP contribution in [0.1, 0.15) is 0 Å². The molecule has 0 bridgehead atoms. The third-order valence-corrected chi connectivity index (χ3v) is 1.45. The molecule has 1 rings (SSSR count). The lowest BCUT2D eigenvalue weighted by Gasteiger charge is -1.94. The third kappa shape index (κ3) is 2.94. The van der Waals surface area contributed by atoms with Crippen LogP contribution in [0.15, 0.2) is 29.3 Å². The average molecular weight is 177 g/mol. The molecule has 1 aromatic carbocycles. The summed E-state index contributed by atoms with van der Waals surface area (Å²) in [5, 5.41) is 2.43. The van der Waals surface area contributed by atoms with Gasteiger partial charge in [0.05, 0.1) is 11.9 Å². The van der Waals surface area contributed by atoms with Crippen LogP contribution in [0.5, 0.6) is 0 Å². The van der Waals surface area contributed by atoms with Crippen molar-refractivity contribution in [3.8, 4) is 0 Å².